The highest BCUT2D eigenvalue weighted by atomic mass is 15.4. The van der Waals surface area contributed by atoms with Crippen molar-refractivity contribution in [2.45, 2.75) is 39.8 Å². The van der Waals surface area contributed by atoms with Gasteiger partial charge in [0.25, 0.3) is 0 Å². The Morgan fingerprint density at radius 1 is 1.32 bits per heavy atom. The lowest BCUT2D eigenvalue weighted by molar-refractivity contribution is 0.522. The van der Waals surface area contributed by atoms with Crippen LogP contribution in [-0.4, -0.2) is 22.0 Å². The molecule has 1 heterocycles. The van der Waals surface area contributed by atoms with Crippen LogP contribution in [-0.2, 0) is 6.54 Å². The Morgan fingerprint density at radius 3 is 2.79 bits per heavy atom. The first kappa shape index (κ1) is 13.7. The molecule has 0 saturated heterocycles. The molecule has 4 nitrogen and oxygen atoms in total. The second-order valence-electron chi connectivity index (χ2n) is 4.89. The molecule has 1 aromatic carbocycles. The number of hydrogen-bond acceptors (Lipinski definition) is 3. The molecule has 0 radical (unpaired) electrons. The maximum Gasteiger partial charge on any atom is 0.0802 e. The Morgan fingerprint density at radius 2 is 2.11 bits per heavy atom. The van der Waals surface area contributed by atoms with Crippen molar-refractivity contribution in [1.29, 1.82) is 0 Å². The Bertz CT molecular complexity index is 545. The van der Waals surface area contributed by atoms with E-state index in [1.165, 1.54) is 16.7 Å². The summed E-state index contributed by atoms with van der Waals surface area (Å²) in [5.74, 6) is 0. The highest BCUT2D eigenvalue weighted by Gasteiger charge is 2.19. The molecule has 0 saturated carbocycles. The highest BCUT2D eigenvalue weighted by Crippen LogP contribution is 2.25. The summed E-state index contributed by atoms with van der Waals surface area (Å²) in [6.45, 7) is 7.37. The molecule has 19 heavy (non-hydrogen) atoms. The van der Waals surface area contributed by atoms with Gasteiger partial charge in [-0.25, -0.2) is 4.68 Å². The van der Waals surface area contributed by atoms with Gasteiger partial charge in [-0.1, -0.05) is 30.3 Å². The molecular weight excluding hydrogens is 236 g/mol. The quantitative estimate of drug-likeness (QED) is 0.896. The fourth-order valence-electron chi connectivity index (χ4n) is 2.42. The van der Waals surface area contributed by atoms with E-state index in [4.69, 9.17) is 0 Å². The summed E-state index contributed by atoms with van der Waals surface area (Å²) in [6, 6.07) is 6.57. The van der Waals surface area contributed by atoms with Crippen molar-refractivity contribution in [3.05, 3.63) is 46.8 Å². The number of hydrogen-bond donors (Lipinski definition) is 1. The molecule has 1 N–H and O–H groups in total. The first-order valence-electron chi connectivity index (χ1n) is 6.80. The van der Waals surface area contributed by atoms with E-state index in [1.807, 2.05) is 17.9 Å². The van der Waals surface area contributed by atoms with Crippen LogP contribution in [0.15, 0.2) is 24.4 Å². The molecule has 0 aliphatic heterocycles. The van der Waals surface area contributed by atoms with Crippen LogP contribution in [0.5, 0.6) is 0 Å². The van der Waals surface area contributed by atoms with Crippen LogP contribution in [0.4, 0.5) is 0 Å². The molecule has 0 aliphatic carbocycles. The van der Waals surface area contributed by atoms with Gasteiger partial charge < -0.3 is 5.32 Å². The zero-order chi connectivity index (χ0) is 13.8. The third kappa shape index (κ3) is 2.68. The molecule has 2 rings (SSSR count). The minimum absolute atomic E-state index is 0.140. The summed E-state index contributed by atoms with van der Waals surface area (Å²) in [5.41, 5.74) is 5.05. The fourth-order valence-corrected chi connectivity index (χ4v) is 2.42. The van der Waals surface area contributed by atoms with E-state index >= 15 is 0 Å². The summed E-state index contributed by atoms with van der Waals surface area (Å²) in [6.07, 6.45) is 2.91. The maximum absolute atomic E-state index is 4.18. The Hall–Kier alpha value is -1.68. The van der Waals surface area contributed by atoms with Gasteiger partial charge in [-0.05, 0) is 44.0 Å². The van der Waals surface area contributed by atoms with E-state index in [0.29, 0.717) is 0 Å². The van der Waals surface area contributed by atoms with Crippen LogP contribution >= 0.6 is 0 Å². The molecular formula is C15H22N4. The number of benzene rings is 1. The van der Waals surface area contributed by atoms with Crippen molar-refractivity contribution < 1.29 is 0 Å². The molecule has 0 fully saturated rings. The Labute approximate surface area is 114 Å². The zero-order valence-electron chi connectivity index (χ0n) is 12.1. The lowest BCUT2D eigenvalue weighted by atomic mass is 9.96. The topological polar surface area (TPSA) is 42.7 Å². The van der Waals surface area contributed by atoms with Gasteiger partial charge in [0.15, 0.2) is 0 Å². The molecule has 0 amide bonds. The monoisotopic (exact) mass is 258 g/mol. The maximum atomic E-state index is 4.18. The molecule has 0 bridgehead atoms. The number of aryl methyl sites for hydroxylation is 2. The average molecular weight is 258 g/mol. The van der Waals surface area contributed by atoms with Gasteiger partial charge in [0, 0.05) is 6.54 Å². The second kappa shape index (κ2) is 5.97. The van der Waals surface area contributed by atoms with Gasteiger partial charge in [-0.2, -0.15) is 0 Å². The van der Waals surface area contributed by atoms with Crippen LogP contribution < -0.4 is 5.32 Å². The van der Waals surface area contributed by atoms with Crippen molar-refractivity contribution in [3.63, 3.8) is 0 Å². The number of aromatic nitrogens is 3. The van der Waals surface area contributed by atoms with Gasteiger partial charge in [0.2, 0.25) is 0 Å². The van der Waals surface area contributed by atoms with Gasteiger partial charge in [0.05, 0.1) is 17.9 Å². The lowest BCUT2D eigenvalue weighted by Crippen LogP contribution is -2.22. The minimum Gasteiger partial charge on any atom is -0.308 e. The van der Waals surface area contributed by atoms with Crippen molar-refractivity contribution >= 4 is 0 Å². The molecule has 102 valence electrons. The van der Waals surface area contributed by atoms with Crippen LogP contribution in [0.3, 0.4) is 0 Å². The van der Waals surface area contributed by atoms with E-state index in [2.05, 4.69) is 54.6 Å². The van der Waals surface area contributed by atoms with E-state index in [-0.39, 0.29) is 6.04 Å². The summed E-state index contributed by atoms with van der Waals surface area (Å²) in [4.78, 5) is 0. The van der Waals surface area contributed by atoms with Crippen LogP contribution in [0.25, 0.3) is 0 Å². The third-order valence-electron chi connectivity index (χ3n) is 3.63. The van der Waals surface area contributed by atoms with Gasteiger partial charge in [0.1, 0.15) is 0 Å². The van der Waals surface area contributed by atoms with Gasteiger partial charge in [-0.15, -0.1) is 5.10 Å². The predicted molar refractivity (Wildman–Crippen MR) is 77.1 cm³/mol. The van der Waals surface area contributed by atoms with Crippen LogP contribution in [0.1, 0.15) is 41.8 Å². The Kier molecular flexibility index (Phi) is 4.32. The molecule has 0 aliphatic rings. The first-order chi connectivity index (χ1) is 9.19. The van der Waals surface area contributed by atoms with Gasteiger partial charge in [-0.3, -0.25) is 0 Å². The molecule has 1 unspecified atom stereocenters. The summed E-state index contributed by atoms with van der Waals surface area (Å²) in [5, 5.41) is 11.6. The molecule has 4 heteroatoms. The smallest absolute Gasteiger partial charge is 0.0802 e. The largest absolute Gasteiger partial charge is 0.308 e. The first-order valence-corrected chi connectivity index (χ1v) is 6.80. The lowest BCUT2D eigenvalue weighted by Gasteiger charge is -2.20. The molecule has 1 aromatic heterocycles. The Balaban J connectivity index is 2.44. The summed E-state index contributed by atoms with van der Waals surface area (Å²) < 4.78 is 1.99. The van der Waals surface area contributed by atoms with Gasteiger partial charge >= 0.3 is 0 Å². The number of rotatable bonds is 5. The van der Waals surface area contributed by atoms with Crippen LogP contribution in [0, 0.1) is 13.8 Å². The number of nitrogens with one attached hydrogen (secondary N) is 1. The van der Waals surface area contributed by atoms with E-state index in [0.717, 1.165) is 18.7 Å². The zero-order valence-corrected chi connectivity index (χ0v) is 12.1. The highest BCUT2D eigenvalue weighted by molar-refractivity contribution is 5.38. The van der Waals surface area contributed by atoms with E-state index in [1.54, 1.807) is 0 Å². The third-order valence-corrected chi connectivity index (χ3v) is 3.63. The fraction of sp³-hybridized carbons (Fsp3) is 0.467. The minimum atomic E-state index is 0.140. The summed E-state index contributed by atoms with van der Waals surface area (Å²) in [7, 11) is 1.98. The van der Waals surface area contributed by atoms with E-state index < -0.39 is 0 Å². The predicted octanol–water partition coefficient (Wildman–Crippen LogP) is 2.61. The average Bonchev–Trinajstić information content (AvgIpc) is 2.84. The second-order valence-corrected chi connectivity index (χ2v) is 4.89. The molecule has 1 atom stereocenters. The number of nitrogens with zero attached hydrogens (tertiary/aromatic N) is 3. The van der Waals surface area contributed by atoms with Crippen molar-refractivity contribution in [2.24, 2.45) is 0 Å². The van der Waals surface area contributed by atoms with Crippen molar-refractivity contribution in [3.8, 4) is 0 Å². The van der Waals surface area contributed by atoms with Crippen molar-refractivity contribution in [2.75, 3.05) is 7.05 Å². The van der Waals surface area contributed by atoms with Crippen molar-refractivity contribution in [1.82, 2.24) is 20.3 Å². The summed E-state index contributed by atoms with van der Waals surface area (Å²) >= 11 is 0. The molecule has 0 spiro atoms. The standard InChI is InChI=1S/C15H22N4/c1-5-9-19-14(10-17-18-19)15(16-4)13-8-6-7-11(2)12(13)3/h6-8,10,15-16H,5,9H2,1-4H3. The SMILES string of the molecule is CCCn1nncc1C(NC)c1cccc(C)c1C. The molecule has 2 aromatic rings. The normalized spacial score (nSPS) is 12.6. The van der Waals surface area contributed by atoms with Crippen LogP contribution in [0.2, 0.25) is 0 Å². The van der Waals surface area contributed by atoms with E-state index in [9.17, 15) is 0 Å².